The van der Waals surface area contributed by atoms with E-state index in [1.165, 1.54) is 0 Å². The topological polar surface area (TPSA) is 58.9 Å². The van der Waals surface area contributed by atoms with Crippen LogP contribution in [0.5, 0.6) is 11.5 Å². The van der Waals surface area contributed by atoms with Crippen molar-refractivity contribution in [2.75, 3.05) is 14.2 Å². The van der Waals surface area contributed by atoms with Gasteiger partial charge >= 0.3 is 0 Å². The fourth-order valence-electron chi connectivity index (χ4n) is 1.72. The third-order valence-electron chi connectivity index (χ3n) is 2.69. The maximum absolute atomic E-state index is 9.89. The molecule has 19 heavy (non-hydrogen) atoms. The normalized spacial score (nSPS) is 14.3. The molecule has 0 saturated carbocycles. The minimum atomic E-state index is -0.953. The second-order valence-corrected chi connectivity index (χ2v) is 5.38. The van der Waals surface area contributed by atoms with Crippen molar-refractivity contribution in [1.82, 2.24) is 0 Å². The SMILES string of the molecule is COc1cc(C[C@@H](O)C[C@H](O)C(Cl)Cl)cc(OC)c1. The van der Waals surface area contributed by atoms with Gasteiger partial charge in [0.15, 0.2) is 0 Å². The van der Waals surface area contributed by atoms with Gasteiger partial charge in [-0.3, -0.25) is 0 Å². The molecule has 4 nitrogen and oxygen atoms in total. The van der Waals surface area contributed by atoms with Crippen LogP contribution in [-0.4, -0.2) is 41.5 Å². The molecule has 2 N–H and O–H groups in total. The molecule has 0 saturated heterocycles. The van der Waals surface area contributed by atoms with Gasteiger partial charge in [0, 0.05) is 12.5 Å². The molecule has 0 aliphatic carbocycles. The summed E-state index contributed by atoms with van der Waals surface area (Å²) in [5.74, 6) is 1.30. The fraction of sp³-hybridized carbons (Fsp3) is 0.538. The Kier molecular flexibility index (Phi) is 6.72. The molecule has 1 rings (SSSR count). The van der Waals surface area contributed by atoms with E-state index in [1.807, 2.05) is 0 Å². The molecular formula is C13H18Cl2O4. The highest BCUT2D eigenvalue weighted by atomic mass is 35.5. The molecule has 0 unspecified atom stereocenters. The zero-order valence-corrected chi connectivity index (χ0v) is 12.4. The van der Waals surface area contributed by atoms with Gasteiger partial charge in [-0.15, -0.1) is 23.2 Å². The van der Waals surface area contributed by atoms with Gasteiger partial charge in [-0.2, -0.15) is 0 Å². The predicted octanol–water partition coefficient (Wildman–Crippen LogP) is 2.16. The number of ether oxygens (including phenoxy) is 2. The van der Waals surface area contributed by atoms with Gasteiger partial charge in [-0.1, -0.05) is 0 Å². The maximum atomic E-state index is 9.89. The molecule has 0 aromatic heterocycles. The predicted molar refractivity (Wildman–Crippen MR) is 75.4 cm³/mol. The van der Waals surface area contributed by atoms with Gasteiger partial charge in [0.05, 0.1) is 26.4 Å². The summed E-state index contributed by atoms with van der Waals surface area (Å²) in [6, 6.07) is 5.35. The van der Waals surface area contributed by atoms with Crippen LogP contribution in [0.1, 0.15) is 12.0 Å². The van der Waals surface area contributed by atoms with Crippen molar-refractivity contribution in [3.8, 4) is 11.5 Å². The number of halogens is 2. The van der Waals surface area contributed by atoms with Crippen molar-refractivity contribution in [2.24, 2.45) is 0 Å². The Morgan fingerprint density at radius 1 is 1.05 bits per heavy atom. The Labute approximate surface area is 122 Å². The molecule has 0 heterocycles. The summed E-state index contributed by atoms with van der Waals surface area (Å²) < 4.78 is 10.3. The third kappa shape index (κ3) is 5.45. The summed E-state index contributed by atoms with van der Waals surface area (Å²) in [6.45, 7) is 0. The van der Waals surface area contributed by atoms with E-state index in [4.69, 9.17) is 32.7 Å². The first kappa shape index (κ1) is 16.4. The van der Waals surface area contributed by atoms with Crippen LogP contribution in [-0.2, 0) is 6.42 Å². The number of aliphatic hydroxyl groups is 2. The Morgan fingerprint density at radius 3 is 2.00 bits per heavy atom. The van der Waals surface area contributed by atoms with Crippen LogP contribution in [0.2, 0.25) is 0 Å². The van der Waals surface area contributed by atoms with Crippen LogP contribution in [0.15, 0.2) is 18.2 Å². The highest BCUT2D eigenvalue weighted by molar-refractivity contribution is 6.44. The van der Waals surface area contributed by atoms with E-state index in [1.54, 1.807) is 32.4 Å². The van der Waals surface area contributed by atoms with Crippen LogP contribution in [0.3, 0.4) is 0 Å². The first-order valence-corrected chi connectivity index (χ1v) is 6.69. The zero-order valence-electron chi connectivity index (χ0n) is 10.8. The Bertz CT molecular complexity index is 376. The lowest BCUT2D eigenvalue weighted by Gasteiger charge is -2.17. The lowest BCUT2D eigenvalue weighted by atomic mass is 10.0. The van der Waals surface area contributed by atoms with Crippen molar-refractivity contribution >= 4 is 23.2 Å². The van der Waals surface area contributed by atoms with Crippen LogP contribution < -0.4 is 9.47 Å². The first-order valence-electron chi connectivity index (χ1n) is 5.82. The number of benzene rings is 1. The molecule has 0 amide bonds. The van der Waals surface area contributed by atoms with Crippen LogP contribution in [0.25, 0.3) is 0 Å². The molecule has 1 aromatic carbocycles. The Morgan fingerprint density at radius 2 is 1.58 bits per heavy atom. The second kappa shape index (κ2) is 7.80. The monoisotopic (exact) mass is 308 g/mol. The van der Waals surface area contributed by atoms with Crippen molar-refractivity contribution in [1.29, 1.82) is 0 Å². The first-order chi connectivity index (χ1) is 8.96. The summed E-state index contributed by atoms with van der Waals surface area (Å²) in [7, 11) is 3.12. The highest BCUT2D eigenvalue weighted by Gasteiger charge is 2.18. The van der Waals surface area contributed by atoms with Gasteiger partial charge in [0.25, 0.3) is 0 Å². The number of hydrogen-bond acceptors (Lipinski definition) is 4. The summed E-state index contributed by atoms with van der Waals surface area (Å²) in [5, 5.41) is 19.4. The van der Waals surface area contributed by atoms with Crippen molar-refractivity contribution < 1.29 is 19.7 Å². The zero-order chi connectivity index (χ0) is 14.4. The average molecular weight is 309 g/mol. The van der Waals surface area contributed by atoms with Crippen molar-refractivity contribution in [2.45, 2.75) is 29.9 Å². The number of aliphatic hydroxyl groups excluding tert-OH is 2. The van der Waals surface area contributed by atoms with E-state index in [0.717, 1.165) is 5.56 Å². The van der Waals surface area contributed by atoms with Gasteiger partial charge < -0.3 is 19.7 Å². The quantitative estimate of drug-likeness (QED) is 0.758. The molecule has 0 spiro atoms. The van der Waals surface area contributed by atoms with E-state index >= 15 is 0 Å². The molecule has 1 aromatic rings. The average Bonchev–Trinajstić information content (AvgIpc) is 2.37. The molecule has 0 fully saturated rings. The lowest BCUT2D eigenvalue weighted by Crippen LogP contribution is -2.24. The summed E-state index contributed by atoms with van der Waals surface area (Å²) in [5.41, 5.74) is 0.844. The summed E-state index contributed by atoms with van der Waals surface area (Å²) >= 11 is 11.1. The van der Waals surface area contributed by atoms with Crippen LogP contribution >= 0.6 is 23.2 Å². The van der Waals surface area contributed by atoms with Gasteiger partial charge in [0.1, 0.15) is 16.3 Å². The van der Waals surface area contributed by atoms with Gasteiger partial charge in [0.2, 0.25) is 0 Å². The molecule has 0 aliphatic rings. The van der Waals surface area contributed by atoms with Crippen molar-refractivity contribution in [3.63, 3.8) is 0 Å². The lowest BCUT2D eigenvalue weighted by molar-refractivity contribution is 0.0878. The molecule has 108 valence electrons. The van der Waals surface area contributed by atoms with E-state index in [0.29, 0.717) is 17.9 Å². The Hall–Kier alpha value is -0.680. The number of methoxy groups -OCH3 is 2. The highest BCUT2D eigenvalue weighted by Crippen LogP contribution is 2.24. The molecule has 0 bridgehead atoms. The Balaban J connectivity index is 2.70. The maximum Gasteiger partial charge on any atom is 0.133 e. The van der Waals surface area contributed by atoms with E-state index in [9.17, 15) is 10.2 Å². The number of hydrogen-bond donors (Lipinski definition) is 2. The van der Waals surface area contributed by atoms with Crippen LogP contribution in [0.4, 0.5) is 0 Å². The van der Waals surface area contributed by atoms with E-state index < -0.39 is 17.0 Å². The number of alkyl halides is 2. The molecule has 0 aliphatic heterocycles. The summed E-state index contributed by atoms with van der Waals surface area (Å²) in [4.78, 5) is -0.908. The van der Waals surface area contributed by atoms with E-state index in [2.05, 4.69) is 0 Å². The van der Waals surface area contributed by atoms with Crippen LogP contribution in [0, 0.1) is 0 Å². The van der Waals surface area contributed by atoms with Gasteiger partial charge in [-0.05, 0) is 24.1 Å². The minimum absolute atomic E-state index is 0.108. The molecule has 2 atom stereocenters. The fourth-order valence-corrected chi connectivity index (χ4v) is 1.93. The minimum Gasteiger partial charge on any atom is -0.497 e. The third-order valence-corrected chi connectivity index (χ3v) is 3.27. The molecular weight excluding hydrogens is 291 g/mol. The molecule has 6 heteroatoms. The van der Waals surface area contributed by atoms with Crippen molar-refractivity contribution in [3.05, 3.63) is 23.8 Å². The van der Waals surface area contributed by atoms with Gasteiger partial charge in [-0.25, -0.2) is 0 Å². The largest absolute Gasteiger partial charge is 0.497 e. The number of rotatable bonds is 7. The standard InChI is InChI=1S/C13H18Cl2O4/c1-18-10-4-8(5-11(7-10)19-2)3-9(16)6-12(17)13(14)15/h4-5,7,9,12-13,16-17H,3,6H2,1-2H3/t9-,12+/m1/s1. The smallest absolute Gasteiger partial charge is 0.133 e. The van der Waals surface area contributed by atoms with E-state index in [-0.39, 0.29) is 6.42 Å². The summed E-state index contributed by atoms with van der Waals surface area (Å²) in [6.07, 6.45) is -1.24. The molecule has 0 radical (unpaired) electrons. The second-order valence-electron chi connectivity index (χ2n) is 4.22.